The molecular formula is C18H19ClN4O3S. The molecule has 142 valence electrons. The van der Waals surface area contributed by atoms with Crippen LogP contribution in [-0.2, 0) is 17.1 Å². The first-order valence-corrected chi connectivity index (χ1v) is 10.3. The highest BCUT2D eigenvalue weighted by Crippen LogP contribution is 2.34. The van der Waals surface area contributed by atoms with E-state index in [2.05, 4.69) is 9.97 Å². The molecule has 0 unspecified atom stereocenters. The lowest BCUT2D eigenvalue weighted by Gasteiger charge is -2.17. The zero-order valence-corrected chi connectivity index (χ0v) is 16.5. The number of hydrogen-bond acceptors (Lipinski definition) is 5. The van der Waals surface area contributed by atoms with Crippen LogP contribution in [0.2, 0.25) is 5.02 Å². The van der Waals surface area contributed by atoms with Gasteiger partial charge in [-0.25, -0.2) is 13.4 Å². The largest absolute Gasteiger partial charge is 0.495 e. The van der Waals surface area contributed by atoms with E-state index in [9.17, 15) is 8.42 Å². The topological polar surface area (TPSA) is 77.3 Å². The molecule has 1 aliphatic heterocycles. The Hall–Kier alpha value is -2.16. The summed E-state index contributed by atoms with van der Waals surface area (Å²) in [6.45, 7) is 0.828. The average Bonchev–Trinajstić information content (AvgIpc) is 3.27. The van der Waals surface area contributed by atoms with Gasteiger partial charge in [0.05, 0.1) is 34.3 Å². The fourth-order valence-electron chi connectivity index (χ4n) is 3.53. The Balaban J connectivity index is 1.61. The molecule has 1 fully saturated rings. The molecule has 4 rings (SSSR count). The fourth-order valence-corrected chi connectivity index (χ4v) is 5.38. The van der Waals surface area contributed by atoms with Crippen molar-refractivity contribution in [1.29, 1.82) is 0 Å². The fraction of sp³-hybridized carbons (Fsp3) is 0.333. The molecule has 9 heteroatoms. The predicted molar refractivity (Wildman–Crippen MR) is 103 cm³/mol. The smallest absolute Gasteiger partial charge is 0.243 e. The molecule has 3 aromatic rings. The maximum Gasteiger partial charge on any atom is 0.243 e. The van der Waals surface area contributed by atoms with Gasteiger partial charge in [0, 0.05) is 32.3 Å². The molecule has 0 radical (unpaired) electrons. The summed E-state index contributed by atoms with van der Waals surface area (Å²) in [6.07, 6.45) is 4.19. The van der Waals surface area contributed by atoms with E-state index in [1.807, 2.05) is 17.7 Å². The Labute approximate surface area is 162 Å². The first-order valence-electron chi connectivity index (χ1n) is 8.52. The van der Waals surface area contributed by atoms with Gasteiger partial charge in [-0.05, 0) is 30.7 Å². The van der Waals surface area contributed by atoms with Gasteiger partial charge in [0.1, 0.15) is 11.6 Å². The first-order chi connectivity index (χ1) is 12.9. The number of sulfonamides is 1. The Morgan fingerprint density at radius 2 is 2.11 bits per heavy atom. The molecule has 1 saturated heterocycles. The van der Waals surface area contributed by atoms with Crippen LogP contribution in [0.4, 0.5) is 0 Å². The minimum absolute atomic E-state index is 0.0332. The second-order valence-corrected chi connectivity index (χ2v) is 8.88. The maximum absolute atomic E-state index is 13.0. The first kappa shape index (κ1) is 18.2. The summed E-state index contributed by atoms with van der Waals surface area (Å²) in [5, 5.41) is 0.275. The molecule has 1 aliphatic rings. The zero-order chi connectivity index (χ0) is 19.2. The number of rotatable bonds is 4. The molecular weight excluding hydrogens is 388 g/mol. The van der Waals surface area contributed by atoms with Crippen molar-refractivity contribution >= 4 is 32.7 Å². The van der Waals surface area contributed by atoms with Crippen LogP contribution in [0.25, 0.3) is 11.0 Å². The molecule has 7 nitrogen and oxygen atoms in total. The molecule has 2 aromatic heterocycles. The maximum atomic E-state index is 13.0. The van der Waals surface area contributed by atoms with Gasteiger partial charge in [-0.2, -0.15) is 4.31 Å². The minimum Gasteiger partial charge on any atom is -0.495 e. The van der Waals surface area contributed by atoms with Crippen LogP contribution in [-0.4, -0.2) is 47.5 Å². The Bertz CT molecular complexity index is 1110. The third-order valence-corrected chi connectivity index (χ3v) is 7.15. The number of nitrogens with zero attached hydrogens (tertiary/aromatic N) is 4. The highest BCUT2D eigenvalue weighted by molar-refractivity contribution is 7.89. The quantitative estimate of drug-likeness (QED) is 0.665. The van der Waals surface area contributed by atoms with E-state index in [1.165, 1.54) is 23.5 Å². The third kappa shape index (κ3) is 3.07. The highest BCUT2D eigenvalue weighted by Gasteiger charge is 2.35. The number of imidazole rings is 1. The molecule has 0 saturated carbocycles. The van der Waals surface area contributed by atoms with Crippen molar-refractivity contribution < 1.29 is 13.2 Å². The van der Waals surface area contributed by atoms with E-state index >= 15 is 0 Å². The Morgan fingerprint density at radius 1 is 1.30 bits per heavy atom. The molecule has 1 atom stereocenters. The summed E-state index contributed by atoms with van der Waals surface area (Å²) in [7, 11) is -0.196. The van der Waals surface area contributed by atoms with Crippen LogP contribution in [0.1, 0.15) is 18.2 Å². The van der Waals surface area contributed by atoms with Crippen LogP contribution < -0.4 is 4.74 Å². The molecule has 1 aromatic carbocycles. The van der Waals surface area contributed by atoms with Gasteiger partial charge >= 0.3 is 0 Å². The molecule has 0 N–H and O–H groups in total. The van der Waals surface area contributed by atoms with E-state index in [-0.39, 0.29) is 15.8 Å². The monoisotopic (exact) mass is 406 g/mol. The minimum atomic E-state index is -3.63. The molecule has 27 heavy (non-hydrogen) atoms. The third-order valence-electron chi connectivity index (χ3n) is 4.99. The van der Waals surface area contributed by atoms with Crippen LogP contribution in [0.15, 0.2) is 41.6 Å². The zero-order valence-electron chi connectivity index (χ0n) is 15.0. The number of ether oxygens (including phenoxy) is 1. The van der Waals surface area contributed by atoms with Gasteiger partial charge in [0.25, 0.3) is 0 Å². The number of halogens is 1. The second kappa shape index (κ2) is 6.78. The predicted octanol–water partition coefficient (Wildman–Crippen LogP) is 2.81. The molecule has 0 spiro atoms. The van der Waals surface area contributed by atoms with Crippen molar-refractivity contribution in [2.24, 2.45) is 7.05 Å². The number of hydrogen-bond donors (Lipinski definition) is 0. The van der Waals surface area contributed by atoms with Gasteiger partial charge in [-0.1, -0.05) is 11.6 Å². The summed E-state index contributed by atoms with van der Waals surface area (Å²) in [6, 6.07) is 6.39. The lowest BCUT2D eigenvalue weighted by atomic mass is 10.1. The SMILES string of the molecule is COc1ccc(S(=O)(=O)N2CC[C@H](c3nc4ccncc4n3C)C2)cc1Cl. The van der Waals surface area contributed by atoms with Gasteiger partial charge < -0.3 is 9.30 Å². The molecule has 0 aliphatic carbocycles. The van der Waals surface area contributed by atoms with Crippen LogP contribution >= 0.6 is 11.6 Å². The number of aromatic nitrogens is 3. The van der Waals surface area contributed by atoms with Crippen molar-refractivity contribution in [3.05, 3.63) is 47.5 Å². The van der Waals surface area contributed by atoms with Crippen LogP contribution in [0.3, 0.4) is 0 Å². The average molecular weight is 407 g/mol. The lowest BCUT2D eigenvalue weighted by Crippen LogP contribution is -2.29. The molecule has 3 heterocycles. The van der Waals surface area contributed by atoms with Crippen LogP contribution in [0.5, 0.6) is 5.75 Å². The summed E-state index contributed by atoms with van der Waals surface area (Å²) < 4.78 is 34.6. The standard InChI is InChI=1S/C18H19ClN4O3S/c1-22-16-10-20-7-5-15(16)21-18(22)12-6-8-23(11-12)27(24,25)13-3-4-17(26-2)14(19)9-13/h3-5,7,9-10,12H,6,8,11H2,1-2H3/t12-/m0/s1. The van der Waals surface area contributed by atoms with Gasteiger partial charge in [0.2, 0.25) is 10.0 Å². The number of methoxy groups -OCH3 is 1. The van der Waals surface area contributed by atoms with E-state index in [4.69, 9.17) is 16.3 Å². The van der Waals surface area contributed by atoms with E-state index in [0.29, 0.717) is 25.3 Å². The molecule has 0 bridgehead atoms. The van der Waals surface area contributed by atoms with Crippen molar-refractivity contribution in [3.63, 3.8) is 0 Å². The Morgan fingerprint density at radius 3 is 2.81 bits per heavy atom. The lowest BCUT2D eigenvalue weighted by molar-refractivity contribution is 0.414. The van der Waals surface area contributed by atoms with Crippen molar-refractivity contribution in [3.8, 4) is 5.75 Å². The van der Waals surface area contributed by atoms with Crippen LogP contribution in [0, 0.1) is 0 Å². The van der Waals surface area contributed by atoms with Gasteiger partial charge in [0.15, 0.2) is 0 Å². The van der Waals surface area contributed by atoms with Crippen molar-refractivity contribution in [1.82, 2.24) is 18.8 Å². The summed E-state index contributed by atoms with van der Waals surface area (Å²) >= 11 is 6.11. The molecule has 0 amide bonds. The van der Waals surface area contributed by atoms with E-state index in [1.54, 1.807) is 18.5 Å². The second-order valence-electron chi connectivity index (χ2n) is 6.54. The normalized spacial score (nSPS) is 18.3. The van der Waals surface area contributed by atoms with Crippen molar-refractivity contribution in [2.75, 3.05) is 20.2 Å². The number of pyridine rings is 1. The summed E-state index contributed by atoms with van der Waals surface area (Å²) in [5.41, 5.74) is 1.81. The van der Waals surface area contributed by atoms with Gasteiger partial charge in [-0.3, -0.25) is 4.98 Å². The number of benzene rings is 1. The van der Waals surface area contributed by atoms with E-state index < -0.39 is 10.0 Å². The highest BCUT2D eigenvalue weighted by atomic mass is 35.5. The summed E-state index contributed by atoms with van der Waals surface area (Å²) in [5.74, 6) is 1.36. The van der Waals surface area contributed by atoms with Gasteiger partial charge in [-0.15, -0.1) is 0 Å². The summed E-state index contributed by atoms with van der Waals surface area (Å²) in [4.78, 5) is 8.99. The van der Waals surface area contributed by atoms with Crippen molar-refractivity contribution in [2.45, 2.75) is 17.2 Å². The Kier molecular flexibility index (Phi) is 4.57. The number of fused-ring (bicyclic) bond motifs is 1. The number of aryl methyl sites for hydroxylation is 1. The van der Waals surface area contributed by atoms with E-state index in [0.717, 1.165) is 16.9 Å².